The minimum Gasteiger partial charge on any atom is -0.458 e. The molecule has 0 bridgehead atoms. The van der Waals surface area contributed by atoms with Crippen LogP contribution in [0.2, 0.25) is 0 Å². The molecule has 3 atom stereocenters. The predicted molar refractivity (Wildman–Crippen MR) is 127 cm³/mol. The van der Waals surface area contributed by atoms with Gasteiger partial charge in [0.2, 0.25) is 0 Å². The number of nitrogens with one attached hydrogen (secondary N) is 2. The molecule has 8 nitrogen and oxygen atoms in total. The second-order valence-corrected chi connectivity index (χ2v) is 9.34. The molecule has 1 fully saturated rings. The molecule has 4 heterocycles. The molecule has 33 heavy (non-hydrogen) atoms. The Labute approximate surface area is 192 Å². The van der Waals surface area contributed by atoms with Crippen molar-refractivity contribution in [2.24, 2.45) is 0 Å². The molecular weight excluding hydrogens is 418 g/mol. The zero-order chi connectivity index (χ0) is 23.3. The topological polar surface area (TPSA) is 109 Å². The first kappa shape index (κ1) is 21.6. The summed E-state index contributed by atoms with van der Waals surface area (Å²) < 4.78 is 5.38. The maximum atomic E-state index is 12.2. The van der Waals surface area contributed by atoms with Crippen molar-refractivity contribution in [1.29, 1.82) is 0 Å². The summed E-state index contributed by atoms with van der Waals surface area (Å²) in [5.41, 5.74) is 0.966. The predicted octanol–water partition coefficient (Wildman–Crippen LogP) is 4.62. The number of aliphatic hydroxyl groups is 1. The molecule has 8 heteroatoms. The van der Waals surface area contributed by atoms with Crippen LogP contribution >= 0.6 is 0 Å². The second kappa shape index (κ2) is 7.95. The highest BCUT2D eigenvalue weighted by Gasteiger charge is 2.32. The smallest absolute Gasteiger partial charge is 0.340 e. The van der Waals surface area contributed by atoms with Gasteiger partial charge in [-0.3, -0.25) is 0 Å². The number of carbonyl (C=O) groups is 1. The molecule has 1 saturated carbocycles. The average molecular weight is 448 g/mol. The van der Waals surface area contributed by atoms with Gasteiger partial charge in [0, 0.05) is 35.3 Å². The SMILES string of the molecule is CC[C@](C)(O)c1cnc(NC2CC2)c2cnc(Nc3ccc4c(n3)[C@@H](C)[C@H](C)OC4=O)cc12. The van der Waals surface area contributed by atoms with Gasteiger partial charge >= 0.3 is 5.97 Å². The van der Waals surface area contributed by atoms with Crippen LogP contribution < -0.4 is 10.6 Å². The van der Waals surface area contributed by atoms with Gasteiger partial charge in [0.1, 0.15) is 23.6 Å². The van der Waals surface area contributed by atoms with Crippen LogP contribution in [-0.4, -0.2) is 38.2 Å². The van der Waals surface area contributed by atoms with Crippen molar-refractivity contribution in [3.05, 3.63) is 47.4 Å². The van der Waals surface area contributed by atoms with Gasteiger partial charge in [-0.15, -0.1) is 0 Å². The van der Waals surface area contributed by atoms with E-state index in [0.29, 0.717) is 29.7 Å². The Kier molecular flexibility index (Phi) is 5.20. The minimum atomic E-state index is -1.02. The Hall–Kier alpha value is -3.26. The van der Waals surface area contributed by atoms with Gasteiger partial charge in [0.05, 0.1) is 16.9 Å². The summed E-state index contributed by atoms with van der Waals surface area (Å²) in [6.45, 7) is 7.63. The lowest BCUT2D eigenvalue weighted by Crippen LogP contribution is -2.29. The van der Waals surface area contributed by atoms with E-state index in [2.05, 4.69) is 20.6 Å². The molecule has 5 rings (SSSR count). The Bertz CT molecular complexity index is 1240. The number of carbonyl (C=O) groups excluding carboxylic acids is 1. The Balaban J connectivity index is 1.54. The number of anilines is 3. The number of pyridine rings is 3. The summed E-state index contributed by atoms with van der Waals surface area (Å²) in [6.07, 6.45) is 6.15. The van der Waals surface area contributed by atoms with Crippen molar-refractivity contribution in [3.63, 3.8) is 0 Å². The summed E-state index contributed by atoms with van der Waals surface area (Å²) in [4.78, 5) is 26.1. The van der Waals surface area contributed by atoms with Crippen molar-refractivity contribution < 1.29 is 14.6 Å². The maximum Gasteiger partial charge on any atom is 0.340 e. The quantitative estimate of drug-likeness (QED) is 0.470. The number of fused-ring (bicyclic) bond motifs is 2. The lowest BCUT2D eigenvalue weighted by atomic mass is 9.91. The van der Waals surface area contributed by atoms with Crippen LogP contribution in [0.3, 0.4) is 0 Å². The molecule has 0 amide bonds. The summed E-state index contributed by atoms with van der Waals surface area (Å²) in [5, 5.41) is 19.5. The number of cyclic esters (lactones) is 1. The molecule has 0 saturated heterocycles. The Morgan fingerprint density at radius 1 is 1.15 bits per heavy atom. The second-order valence-electron chi connectivity index (χ2n) is 9.34. The number of hydrogen-bond donors (Lipinski definition) is 3. The largest absolute Gasteiger partial charge is 0.458 e. The fourth-order valence-electron chi connectivity index (χ4n) is 4.11. The summed E-state index contributed by atoms with van der Waals surface area (Å²) >= 11 is 0. The number of esters is 1. The fourth-order valence-corrected chi connectivity index (χ4v) is 4.11. The van der Waals surface area contributed by atoms with Crippen LogP contribution in [0, 0.1) is 0 Å². The summed E-state index contributed by atoms with van der Waals surface area (Å²) in [5.74, 6) is 1.65. The molecule has 2 aliphatic rings. The normalized spacial score (nSPS) is 21.8. The highest BCUT2D eigenvalue weighted by molar-refractivity contribution is 5.96. The van der Waals surface area contributed by atoms with Crippen LogP contribution in [0.5, 0.6) is 0 Å². The summed E-state index contributed by atoms with van der Waals surface area (Å²) in [6, 6.07) is 5.87. The van der Waals surface area contributed by atoms with Crippen molar-refractivity contribution >= 4 is 34.2 Å². The zero-order valence-electron chi connectivity index (χ0n) is 19.3. The number of ether oxygens (including phenoxy) is 1. The van der Waals surface area contributed by atoms with E-state index in [1.54, 1.807) is 31.5 Å². The van der Waals surface area contributed by atoms with Gasteiger partial charge in [0.25, 0.3) is 0 Å². The highest BCUT2D eigenvalue weighted by Crippen LogP contribution is 2.36. The highest BCUT2D eigenvalue weighted by atomic mass is 16.5. The van der Waals surface area contributed by atoms with Crippen LogP contribution in [0.25, 0.3) is 10.8 Å². The van der Waals surface area contributed by atoms with Crippen molar-refractivity contribution in [2.75, 3.05) is 10.6 Å². The third-order valence-electron chi connectivity index (χ3n) is 6.79. The van der Waals surface area contributed by atoms with Crippen LogP contribution in [-0.2, 0) is 10.3 Å². The lowest BCUT2D eigenvalue weighted by Gasteiger charge is -2.27. The molecule has 1 aliphatic heterocycles. The van der Waals surface area contributed by atoms with Gasteiger partial charge < -0.3 is 20.5 Å². The van der Waals surface area contributed by atoms with Gasteiger partial charge in [0.15, 0.2) is 0 Å². The van der Waals surface area contributed by atoms with Crippen LogP contribution in [0.1, 0.15) is 74.5 Å². The molecule has 0 spiro atoms. The van der Waals surface area contributed by atoms with E-state index in [4.69, 9.17) is 9.72 Å². The van der Waals surface area contributed by atoms with E-state index in [1.807, 2.05) is 26.8 Å². The van der Waals surface area contributed by atoms with Gasteiger partial charge in [-0.2, -0.15) is 0 Å². The number of aromatic nitrogens is 3. The molecule has 0 aromatic carbocycles. The van der Waals surface area contributed by atoms with Gasteiger partial charge in [-0.1, -0.05) is 13.8 Å². The standard InChI is InChI=1S/C25H29N5O3/c1-5-25(4,32)19-12-27-23(28-15-6-7-15)18-11-26-21(10-17(18)19)29-20-9-8-16-22(30-20)13(2)14(3)33-24(16)31/h8-15,32H,5-7H2,1-4H3,(H,27,28)(H,26,29,30)/t13-,14-,25-/m0/s1. The lowest BCUT2D eigenvalue weighted by molar-refractivity contribution is 0.0235. The first-order chi connectivity index (χ1) is 15.8. The number of nitrogens with zero attached hydrogens (tertiary/aromatic N) is 3. The van der Waals surface area contributed by atoms with Crippen LogP contribution in [0.4, 0.5) is 17.5 Å². The van der Waals surface area contributed by atoms with E-state index < -0.39 is 5.60 Å². The molecule has 3 aromatic heterocycles. The maximum absolute atomic E-state index is 12.2. The Morgan fingerprint density at radius 2 is 1.94 bits per heavy atom. The monoisotopic (exact) mass is 447 g/mol. The first-order valence-electron chi connectivity index (χ1n) is 11.5. The molecule has 3 N–H and O–H groups in total. The zero-order valence-corrected chi connectivity index (χ0v) is 19.3. The van der Waals surface area contributed by atoms with Crippen molar-refractivity contribution in [2.45, 2.75) is 70.6 Å². The third-order valence-corrected chi connectivity index (χ3v) is 6.79. The molecule has 0 unspecified atom stereocenters. The minimum absolute atomic E-state index is 0.00241. The summed E-state index contributed by atoms with van der Waals surface area (Å²) in [7, 11) is 0. The molecule has 1 aliphatic carbocycles. The number of hydrogen-bond acceptors (Lipinski definition) is 8. The Morgan fingerprint density at radius 3 is 2.67 bits per heavy atom. The fraction of sp³-hybridized carbons (Fsp3) is 0.440. The van der Waals surface area contributed by atoms with E-state index >= 15 is 0 Å². The third kappa shape index (κ3) is 3.99. The van der Waals surface area contributed by atoms with E-state index in [9.17, 15) is 9.90 Å². The van der Waals surface area contributed by atoms with Crippen LogP contribution in [0.15, 0.2) is 30.6 Å². The molecule has 0 radical (unpaired) electrons. The van der Waals surface area contributed by atoms with E-state index in [-0.39, 0.29) is 18.0 Å². The van der Waals surface area contributed by atoms with Crippen molar-refractivity contribution in [1.82, 2.24) is 15.0 Å². The number of rotatable bonds is 6. The van der Waals surface area contributed by atoms with Crippen molar-refractivity contribution in [3.8, 4) is 0 Å². The van der Waals surface area contributed by atoms with E-state index in [1.165, 1.54) is 0 Å². The van der Waals surface area contributed by atoms with Gasteiger partial charge in [-0.25, -0.2) is 19.7 Å². The average Bonchev–Trinajstić information content (AvgIpc) is 3.61. The first-order valence-corrected chi connectivity index (χ1v) is 11.5. The van der Waals surface area contributed by atoms with E-state index in [0.717, 1.165) is 40.7 Å². The van der Waals surface area contributed by atoms with Gasteiger partial charge in [-0.05, 0) is 56.7 Å². The molecular formula is C25H29N5O3. The molecule has 172 valence electrons. The molecule has 3 aromatic rings.